The number of nitrogens with one attached hydrogen (secondary N) is 1. The number of ether oxygens (including phenoxy) is 1. The van der Waals surface area contributed by atoms with E-state index in [4.69, 9.17) is 4.74 Å². The Balaban J connectivity index is 1.68. The van der Waals surface area contributed by atoms with Crippen LogP contribution in [0.15, 0.2) is 11.7 Å². The molecule has 1 N–H and O–H groups in total. The molecule has 1 aliphatic heterocycles. The Labute approximate surface area is 124 Å². The number of amides is 1. The number of likely N-dealkylation sites (tertiary alicyclic amines) is 1. The Kier molecular flexibility index (Phi) is 4.99. The fourth-order valence-corrected chi connectivity index (χ4v) is 2.78. The standard InChI is InChI=1S/C14H23N3O2S/c1-14(2,3)19-13(18)17-5-4-11(9-17)6-15-7-12-8-16-10-20-12/h8,10-11,15H,4-7,9H2,1-3H3. The van der Waals surface area contributed by atoms with E-state index < -0.39 is 5.60 Å². The number of aromatic nitrogens is 1. The average molecular weight is 297 g/mol. The molecule has 6 heteroatoms. The Morgan fingerprint density at radius 2 is 2.40 bits per heavy atom. The molecule has 0 bridgehead atoms. The first-order chi connectivity index (χ1) is 9.44. The zero-order chi connectivity index (χ0) is 14.6. The fourth-order valence-electron chi connectivity index (χ4n) is 2.22. The van der Waals surface area contributed by atoms with Crippen LogP contribution in [0.4, 0.5) is 4.79 Å². The zero-order valence-electron chi connectivity index (χ0n) is 12.4. The van der Waals surface area contributed by atoms with E-state index in [1.807, 2.05) is 37.4 Å². The van der Waals surface area contributed by atoms with Gasteiger partial charge in [-0.1, -0.05) is 0 Å². The SMILES string of the molecule is CC(C)(C)OC(=O)N1CCC(CNCc2cncs2)C1. The summed E-state index contributed by atoms with van der Waals surface area (Å²) in [5.41, 5.74) is 1.43. The van der Waals surface area contributed by atoms with Crippen LogP contribution in [0.1, 0.15) is 32.1 Å². The number of hydrogen-bond acceptors (Lipinski definition) is 5. The lowest BCUT2D eigenvalue weighted by molar-refractivity contribution is 0.0288. The Morgan fingerprint density at radius 1 is 1.60 bits per heavy atom. The number of carbonyl (C=O) groups excluding carboxylic acids is 1. The summed E-state index contributed by atoms with van der Waals surface area (Å²) in [6.45, 7) is 9.05. The highest BCUT2D eigenvalue weighted by molar-refractivity contribution is 7.09. The molecule has 2 heterocycles. The van der Waals surface area contributed by atoms with Crippen molar-refractivity contribution in [3.63, 3.8) is 0 Å². The van der Waals surface area contributed by atoms with E-state index in [0.717, 1.165) is 32.6 Å². The molecule has 0 spiro atoms. The third kappa shape index (κ3) is 4.76. The van der Waals surface area contributed by atoms with Crippen molar-refractivity contribution in [1.29, 1.82) is 0 Å². The molecule has 1 aromatic heterocycles. The van der Waals surface area contributed by atoms with E-state index in [0.29, 0.717) is 5.92 Å². The van der Waals surface area contributed by atoms with Crippen molar-refractivity contribution in [3.8, 4) is 0 Å². The molecule has 0 radical (unpaired) electrons. The fraction of sp³-hybridized carbons (Fsp3) is 0.714. The summed E-state index contributed by atoms with van der Waals surface area (Å²) in [5, 5.41) is 3.43. The lowest BCUT2D eigenvalue weighted by Crippen LogP contribution is -2.36. The third-order valence-electron chi connectivity index (χ3n) is 3.15. The van der Waals surface area contributed by atoms with Crippen molar-refractivity contribution >= 4 is 17.4 Å². The second kappa shape index (κ2) is 6.54. The predicted molar refractivity (Wildman–Crippen MR) is 79.7 cm³/mol. The number of nitrogens with zero attached hydrogens (tertiary/aromatic N) is 2. The highest BCUT2D eigenvalue weighted by Crippen LogP contribution is 2.19. The summed E-state index contributed by atoms with van der Waals surface area (Å²) >= 11 is 1.66. The summed E-state index contributed by atoms with van der Waals surface area (Å²) in [5.74, 6) is 0.510. The van der Waals surface area contributed by atoms with Crippen LogP contribution in [0.3, 0.4) is 0 Å². The number of thiazole rings is 1. The Bertz CT molecular complexity index is 428. The summed E-state index contributed by atoms with van der Waals surface area (Å²) in [4.78, 5) is 19.0. The van der Waals surface area contributed by atoms with E-state index in [1.165, 1.54) is 4.88 Å². The van der Waals surface area contributed by atoms with Gasteiger partial charge < -0.3 is 15.0 Å². The predicted octanol–water partition coefficient (Wildman–Crippen LogP) is 2.49. The molecule has 0 saturated carbocycles. The van der Waals surface area contributed by atoms with Crippen LogP contribution in [0.2, 0.25) is 0 Å². The van der Waals surface area contributed by atoms with Gasteiger partial charge in [-0.05, 0) is 33.1 Å². The molecule has 20 heavy (non-hydrogen) atoms. The van der Waals surface area contributed by atoms with Crippen molar-refractivity contribution in [3.05, 3.63) is 16.6 Å². The number of hydrogen-bond donors (Lipinski definition) is 1. The molecule has 1 aromatic rings. The van der Waals surface area contributed by atoms with Gasteiger partial charge in [-0.2, -0.15) is 0 Å². The number of carbonyl (C=O) groups is 1. The minimum Gasteiger partial charge on any atom is -0.444 e. The van der Waals surface area contributed by atoms with Gasteiger partial charge in [0.1, 0.15) is 5.60 Å². The van der Waals surface area contributed by atoms with Crippen LogP contribution in [-0.2, 0) is 11.3 Å². The maximum Gasteiger partial charge on any atom is 0.410 e. The Hall–Kier alpha value is -1.14. The van der Waals surface area contributed by atoms with Gasteiger partial charge in [-0.3, -0.25) is 4.98 Å². The largest absolute Gasteiger partial charge is 0.444 e. The van der Waals surface area contributed by atoms with Gasteiger partial charge in [0, 0.05) is 37.3 Å². The van der Waals surface area contributed by atoms with Gasteiger partial charge in [0.2, 0.25) is 0 Å². The van der Waals surface area contributed by atoms with E-state index in [-0.39, 0.29) is 6.09 Å². The quantitative estimate of drug-likeness (QED) is 0.927. The highest BCUT2D eigenvalue weighted by Gasteiger charge is 2.29. The van der Waals surface area contributed by atoms with Crippen LogP contribution in [0.5, 0.6) is 0 Å². The molecule has 1 atom stereocenters. The smallest absolute Gasteiger partial charge is 0.410 e. The number of rotatable bonds is 4. The summed E-state index contributed by atoms with van der Waals surface area (Å²) in [6.07, 6.45) is 2.73. The normalized spacial score (nSPS) is 19.4. The van der Waals surface area contributed by atoms with Gasteiger partial charge in [-0.15, -0.1) is 11.3 Å². The zero-order valence-corrected chi connectivity index (χ0v) is 13.2. The Morgan fingerprint density at radius 3 is 3.05 bits per heavy atom. The summed E-state index contributed by atoms with van der Waals surface area (Å²) < 4.78 is 5.39. The van der Waals surface area contributed by atoms with Crippen LogP contribution >= 0.6 is 11.3 Å². The lowest BCUT2D eigenvalue weighted by Gasteiger charge is -2.24. The first kappa shape index (κ1) is 15.3. The maximum atomic E-state index is 11.9. The molecular formula is C14H23N3O2S. The first-order valence-corrected chi connectivity index (χ1v) is 7.88. The second-order valence-corrected chi connectivity index (χ2v) is 7.15. The van der Waals surface area contributed by atoms with E-state index in [2.05, 4.69) is 10.3 Å². The first-order valence-electron chi connectivity index (χ1n) is 7.00. The van der Waals surface area contributed by atoms with Gasteiger partial charge in [0.25, 0.3) is 0 Å². The van der Waals surface area contributed by atoms with Gasteiger partial charge in [0.05, 0.1) is 5.51 Å². The minimum atomic E-state index is -0.417. The van der Waals surface area contributed by atoms with Crippen molar-refractivity contribution < 1.29 is 9.53 Å². The molecule has 1 fully saturated rings. The second-order valence-electron chi connectivity index (χ2n) is 6.18. The van der Waals surface area contributed by atoms with Crippen molar-refractivity contribution in [2.24, 2.45) is 5.92 Å². The summed E-state index contributed by atoms with van der Waals surface area (Å²) in [6, 6.07) is 0. The van der Waals surface area contributed by atoms with Gasteiger partial charge in [-0.25, -0.2) is 4.79 Å². The molecule has 1 amide bonds. The van der Waals surface area contributed by atoms with Gasteiger partial charge in [0.15, 0.2) is 0 Å². The van der Waals surface area contributed by atoms with E-state index >= 15 is 0 Å². The molecule has 1 unspecified atom stereocenters. The topological polar surface area (TPSA) is 54.5 Å². The van der Waals surface area contributed by atoms with Crippen LogP contribution in [0.25, 0.3) is 0 Å². The molecule has 1 saturated heterocycles. The molecular weight excluding hydrogens is 274 g/mol. The molecule has 0 aliphatic carbocycles. The van der Waals surface area contributed by atoms with Crippen LogP contribution < -0.4 is 5.32 Å². The van der Waals surface area contributed by atoms with E-state index in [1.54, 1.807) is 11.3 Å². The molecule has 5 nitrogen and oxygen atoms in total. The van der Waals surface area contributed by atoms with E-state index in [9.17, 15) is 4.79 Å². The van der Waals surface area contributed by atoms with Gasteiger partial charge >= 0.3 is 6.09 Å². The molecule has 0 aromatic carbocycles. The molecule has 1 aliphatic rings. The molecule has 112 valence electrons. The molecule has 2 rings (SSSR count). The summed E-state index contributed by atoms with van der Waals surface area (Å²) in [7, 11) is 0. The maximum absolute atomic E-state index is 11.9. The van der Waals surface area contributed by atoms with Crippen molar-refractivity contribution in [2.75, 3.05) is 19.6 Å². The van der Waals surface area contributed by atoms with Crippen molar-refractivity contribution in [2.45, 2.75) is 39.3 Å². The minimum absolute atomic E-state index is 0.192. The lowest BCUT2D eigenvalue weighted by atomic mass is 10.1. The average Bonchev–Trinajstić information content (AvgIpc) is 2.97. The third-order valence-corrected chi connectivity index (χ3v) is 3.93. The van der Waals surface area contributed by atoms with Crippen LogP contribution in [0, 0.1) is 5.92 Å². The van der Waals surface area contributed by atoms with Crippen molar-refractivity contribution in [1.82, 2.24) is 15.2 Å². The van der Waals surface area contributed by atoms with Crippen LogP contribution in [-0.4, -0.2) is 41.2 Å². The monoisotopic (exact) mass is 297 g/mol. The highest BCUT2D eigenvalue weighted by atomic mass is 32.1.